The van der Waals surface area contributed by atoms with Crippen molar-refractivity contribution in [3.05, 3.63) is 28.5 Å². The molecule has 0 saturated carbocycles. The summed E-state index contributed by atoms with van der Waals surface area (Å²) in [6.07, 6.45) is 2.56. The van der Waals surface area contributed by atoms with E-state index >= 15 is 0 Å². The molecule has 0 aliphatic heterocycles. The zero-order valence-electron chi connectivity index (χ0n) is 8.41. The smallest absolute Gasteiger partial charge is 0.273 e. The van der Waals surface area contributed by atoms with E-state index < -0.39 is 0 Å². The topological polar surface area (TPSA) is 33.2 Å². The predicted molar refractivity (Wildman–Crippen MR) is 67.3 cm³/mol. The molecule has 0 atom stereocenters. The number of pyridine rings is 1. The Morgan fingerprint density at radius 1 is 1.60 bits per heavy atom. The first-order valence-electron chi connectivity index (χ1n) is 4.58. The molecule has 0 aliphatic rings. The van der Waals surface area contributed by atoms with Crippen LogP contribution in [0.15, 0.2) is 22.8 Å². The number of amides is 1. The van der Waals surface area contributed by atoms with E-state index in [-0.39, 0.29) is 5.91 Å². The lowest BCUT2D eigenvalue weighted by Crippen LogP contribution is -2.28. The highest BCUT2D eigenvalue weighted by molar-refractivity contribution is 9.10. The van der Waals surface area contributed by atoms with Gasteiger partial charge in [-0.2, -0.15) is 0 Å². The van der Waals surface area contributed by atoms with Crippen LogP contribution in [0.25, 0.3) is 0 Å². The van der Waals surface area contributed by atoms with Crippen molar-refractivity contribution in [3.63, 3.8) is 0 Å². The molecule has 0 N–H and O–H groups in total. The lowest BCUT2D eigenvalue weighted by molar-refractivity contribution is 0.0789. The Morgan fingerprint density at radius 2 is 2.33 bits per heavy atom. The fraction of sp³-hybridized carbons (Fsp3) is 0.400. The van der Waals surface area contributed by atoms with E-state index in [4.69, 9.17) is 0 Å². The number of carbonyl (C=O) groups excluding carboxylic acids is 1. The zero-order chi connectivity index (χ0) is 11.3. The SMILES string of the molecule is CN(CCCBr)C(=O)c1ncccc1Br. The van der Waals surface area contributed by atoms with Crippen molar-refractivity contribution in [3.8, 4) is 0 Å². The summed E-state index contributed by atoms with van der Waals surface area (Å²) in [5.41, 5.74) is 0.467. The first-order chi connectivity index (χ1) is 7.16. The molecule has 0 saturated heterocycles. The molecule has 0 aliphatic carbocycles. The van der Waals surface area contributed by atoms with Crippen LogP contribution in [0.1, 0.15) is 16.9 Å². The number of halogens is 2. The van der Waals surface area contributed by atoms with Crippen molar-refractivity contribution in [1.82, 2.24) is 9.88 Å². The zero-order valence-corrected chi connectivity index (χ0v) is 11.6. The van der Waals surface area contributed by atoms with Gasteiger partial charge in [-0.25, -0.2) is 4.98 Å². The quantitative estimate of drug-likeness (QED) is 0.793. The maximum Gasteiger partial charge on any atom is 0.273 e. The second-order valence-corrected chi connectivity index (χ2v) is 4.75. The number of hydrogen-bond donors (Lipinski definition) is 0. The molecule has 1 aromatic heterocycles. The number of hydrogen-bond acceptors (Lipinski definition) is 2. The molecule has 1 rings (SSSR count). The minimum atomic E-state index is -0.0524. The van der Waals surface area contributed by atoms with Gasteiger partial charge in [0.1, 0.15) is 5.69 Å². The Hall–Kier alpha value is -0.420. The van der Waals surface area contributed by atoms with Gasteiger partial charge in [0, 0.05) is 29.6 Å². The third-order valence-corrected chi connectivity index (χ3v) is 3.14. The average molecular weight is 336 g/mol. The van der Waals surface area contributed by atoms with Gasteiger partial charge in [0.05, 0.1) is 0 Å². The summed E-state index contributed by atoms with van der Waals surface area (Å²) in [6.45, 7) is 0.729. The second-order valence-electron chi connectivity index (χ2n) is 3.10. The van der Waals surface area contributed by atoms with Crippen LogP contribution in [0.4, 0.5) is 0 Å². The molecule has 0 aromatic carbocycles. The Bertz CT molecular complexity index is 344. The van der Waals surface area contributed by atoms with Crippen LogP contribution >= 0.6 is 31.9 Å². The molecule has 82 valence electrons. The van der Waals surface area contributed by atoms with E-state index in [2.05, 4.69) is 36.8 Å². The summed E-state index contributed by atoms with van der Waals surface area (Å²) in [6, 6.07) is 3.61. The highest BCUT2D eigenvalue weighted by atomic mass is 79.9. The lowest BCUT2D eigenvalue weighted by atomic mass is 10.3. The summed E-state index contributed by atoms with van der Waals surface area (Å²) in [4.78, 5) is 17.6. The van der Waals surface area contributed by atoms with Crippen LogP contribution < -0.4 is 0 Å². The first kappa shape index (κ1) is 12.6. The number of nitrogens with zero attached hydrogens (tertiary/aromatic N) is 2. The standard InChI is InChI=1S/C10H12Br2N2O/c1-14(7-3-5-11)10(15)9-8(12)4-2-6-13-9/h2,4,6H,3,5,7H2,1H3. The Morgan fingerprint density at radius 3 is 2.93 bits per heavy atom. The predicted octanol–water partition coefficient (Wildman–Crippen LogP) is 2.70. The molecular formula is C10H12Br2N2O. The number of carbonyl (C=O) groups is 1. The van der Waals surface area contributed by atoms with Gasteiger partial charge < -0.3 is 4.90 Å². The van der Waals surface area contributed by atoms with E-state index in [1.165, 1.54) is 0 Å². The van der Waals surface area contributed by atoms with E-state index in [9.17, 15) is 4.79 Å². The third kappa shape index (κ3) is 3.57. The van der Waals surface area contributed by atoms with Crippen LogP contribution in [0, 0.1) is 0 Å². The monoisotopic (exact) mass is 334 g/mol. The van der Waals surface area contributed by atoms with Crippen molar-refractivity contribution >= 4 is 37.8 Å². The third-order valence-electron chi connectivity index (χ3n) is 1.93. The Balaban J connectivity index is 2.72. The molecule has 1 aromatic rings. The van der Waals surface area contributed by atoms with Gasteiger partial charge in [-0.05, 0) is 34.5 Å². The molecular weight excluding hydrogens is 324 g/mol. The first-order valence-corrected chi connectivity index (χ1v) is 6.50. The molecule has 3 nitrogen and oxygen atoms in total. The molecule has 5 heteroatoms. The molecule has 15 heavy (non-hydrogen) atoms. The highest BCUT2D eigenvalue weighted by Crippen LogP contribution is 2.14. The van der Waals surface area contributed by atoms with Gasteiger partial charge in [-0.3, -0.25) is 4.79 Å². The molecule has 1 amide bonds. The number of alkyl halides is 1. The van der Waals surface area contributed by atoms with Crippen molar-refractivity contribution in [1.29, 1.82) is 0 Å². The second kappa shape index (κ2) is 6.23. The van der Waals surface area contributed by atoms with E-state index in [1.54, 1.807) is 24.2 Å². The van der Waals surface area contributed by atoms with Crippen LogP contribution in [-0.4, -0.2) is 34.7 Å². The summed E-state index contributed by atoms with van der Waals surface area (Å²) in [5.74, 6) is -0.0524. The van der Waals surface area contributed by atoms with Crippen molar-refractivity contribution in [2.24, 2.45) is 0 Å². The summed E-state index contributed by atoms with van der Waals surface area (Å²) in [5, 5.41) is 0.897. The van der Waals surface area contributed by atoms with Crippen molar-refractivity contribution in [2.75, 3.05) is 18.9 Å². The van der Waals surface area contributed by atoms with Gasteiger partial charge in [-0.15, -0.1) is 0 Å². The molecule has 0 radical (unpaired) electrons. The maximum absolute atomic E-state index is 11.9. The van der Waals surface area contributed by atoms with Crippen LogP contribution in [0.2, 0.25) is 0 Å². The van der Waals surface area contributed by atoms with Crippen molar-refractivity contribution in [2.45, 2.75) is 6.42 Å². The number of aromatic nitrogens is 1. The van der Waals surface area contributed by atoms with Gasteiger partial charge in [0.15, 0.2) is 0 Å². The normalized spacial score (nSPS) is 10.1. The minimum absolute atomic E-state index is 0.0524. The van der Waals surface area contributed by atoms with E-state index in [0.717, 1.165) is 22.8 Å². The largest absolute Gasteiger partial charge is 0.340 e. The van der Waals surface area contributed by atoms with Gasteiger partial charge in [0.25, 0.3) is 5.91 Å². The molecule has 0 unspecified atom stereocenters. The summed E-state index contributed by atoms with van der Waals surface area (Å²) < 4.78 is 0.737. The van der Waals surface area contributed by atoms with Gasteiger partial charge in [0.2, 0.25) is 0 Å². The molecule has 0 spiro atoms. The minimum Gasteiger partial charge on any atom is -0.340 e. The van der Waals surface area contributed by atoms with Crippen LogP contribution in [-0.2, 0) is 0 Å². The average Bonchev–Trinajstić information content (AvgIpc) is 2.25. The fourth-order valence-corrected chi connectivity index (χ4v) is 1.80. The van der Waals surface area contributed by atoms with Gasteiger partial charge >= 0.3 is 0 Å². The lowest BCUT2D eigenvalue weighted by Gasteiger charge is -2.16. The maximum atomic E-state index is 11.9. The molecule has 0 bridgehead atoms. The fourth-order valence-electron chi connectivity index (χ4n) is 1.12. The van der Waals surface area contributed by atoms with Crippen LogP contribution in [0.5, 0.6) is 0 Å². The van der Waals surface area contributed by atoms with Gasteiger partial charge in [-0.1, -0.05) is 15.9 Å². The van der Waals surface area contributed by atoms with E-state index in [0.29, 0.717) is 5.69 Å². The Labute approximate surface area is 106 Å². The summed E-state index contributed by atoms with van der Waals surface area (Å²) >= 11 is 6.65. The van der Waals surface area contributed by atoms with Crippen LogP contribution in [0.3, 0.4) is 0 Å². The van der Waals surface area contributed by atoms with E-state index in [1.807, 2.05) is 6.07 Å². The molecule has 1 heterocycles. The Kier molecular flexibility index (Phi) is 5.25. The summed E-state index contributed by atoms with van der Waals surface area (Å²) in [7, 11) is 1.78. The molecule has 0 fully saturated rings. The highest BCUT2D eigenvalue weighted by Gasteiger charge is 2.15. The number of rotatable bonds is 4. The van der Waals surface area contributed by atoms with Crippen molar-refractivity contribution < 1.29 is 4.79 Å².